The summed E-state index contributed by atoms with van der Waals surface area (Å²) in [4.78, 5) is 36.5. The fourth-order valence-electron chi connectivity index (χ4n) is 3.27. The van der Waals surface area contributed by atoms with Crippen molar-refractivity contribution in [2.75, 3.05) is 20.3 Å². The Kier molecular flexibility index (Phi) is 10.6. The summed E-state index contributed by atoms with van der Waals surface area (Å²) < 4.78 is 21.1. The predicted octanol–water partition coefficient (Wildman–Crippen LogP) is 4.18. The van der Waals surface area contributed by atoms with Gasteiger partial charge < -0.3 is 24.1 Å². The molecule has 0 fully saturated rings. The van der Waals surface area contributed by atoms with Crippen LogP contribution in [0.4, 0.5) is 0 Å². The quantitative estimate of drug-likeness (QED) is 0.503. The number of rotatable bonds is 1. The summed E-state index contributed by atoms with van der Waals surface area (Å²) in [6.45, 7) is 2.42. The van der Waals surface area contributed by atoms with Crippen LogP contribution >= 0.6 is 0 Å². The van der Waals surface area contributed by atoms with Crippen molar-refractivity contribution < 1.29 is 38.4 Å². The van der Waals surface area contributed by atoms with Gasteiger partial charge in [0.25, 0.3) is 0 Å². The average Bonchev–Trinajstić information content (AvgIpc) is 2.74. The Labute approximate surface area is 188 Å². The number of phenolic OH excluding ortho intramolecular Hbond substituents is 1. The molecule has 0 aromatic heterocycles. The van der Waals surface area contributed by atoms with Gasteiger partial charge in [-0.2, -0.15) is 0 Å². The van der Waals surface area contributed by atoms with Crippen LogP contribution < -0.4 is 4.74 Å². The van der Waals surface area contributed by atoms with Crippen LogP contribution in [0.25, 0.3) is 6.08 Å². The molecular weight excluding hydrogens is 416 g/mol. The van der Waals surface area contributed by atoms with Gasteiger partial charge in [-0.15, -0.1) is 0 Å². The number of methoxy groups -OCH3 is 1. The molecule has 0 unspecified atom stereocenters. The minimum Gasteiger partial charge on any atom is -0.507 e. The number of esters is 3. The molecule has 1 aliphatic rings. The average molecular weight is 449 g/mol. The van der Waals surface area contributed by atoms with E-state index in [1.54, 1.807) is 25.1 Å². The summed E-state index contributed by atoms with van der Waals surface area (Å²) in [5.41, 5.74) is 0.342. The molecule has 0 saturated carbocycles. The molecule has 0 saturated heterocycles. The Hall–Kier alpha value is -3.03. The number of hydrogen-bond acceptors (Lipinski definition) is 8. The molecule has 1 N–H and O–H groups in total. The monoisotopic (exact) mass is 448 g/mol. The lowest BCUT2D eigenvalue weighted by molar-refractivity contribution is -0.144. The highest BCUT2D eigenvalue weighted by molar-refractivity contribution is 5.97. The van der Waals surface area contributed by atoms with E-state index in [-0.39, 0.29) is 36.1 Å². The number of cyclic esters (lactones) is 3. The zero-order chi connectivity index (χ0) is 23.3. The molecule has 2 rings (SSSR count). The van der Waals surface area contributed by atoms with Crippen molar-refractivity contribution in [3.63, 3.8) is 0 Å². The molecule has 1 aromatic carbocycles. The smallest absolute Gasteiger partial charge is 0.342 e. The number of phenols is 1. The highest BCUT2D eigenvalue weighted by Gasteiger charge is 2.21. The molecule has 0 spiro atoms. The van der Waals surface area contributed by atoms with Gasteiger partial charge in [-0.1, -0.05) is 12.2 Å². The zero-order valence-electron chi connectivity index (χ0n) is 18.8. The van der Waals surface area contributed by atoms with E-state index in [1.165, 1.54) is 13.2 Å². The van der Waals surface area contributed by atoms with Crippen LogP contribution in [0.3, 0.4) is 0 Å². The van der Waals surface area contributed by atoms with E-state index in [9.17, 15) is 19.5 Å². The summed E-state index contributed by atoms with van der Waals surface area (Å²) in [7, 11) is 1.45. The second-order valence-corrected chi connectivity index (χ2v) is 7.68. The maximum absolute atomic E-state index is 12.7. The molecule has 32 heavy (non-hydrogen) atoms. The van der Waals surface area contributed by atoms with Crippen LogP contribution in [0.2, 0.25) is 0 Å². The largest absolute Gasteiger partial charge is 0.507 e. The maximum atomic E-state index is 12.7. The molecule has 0 amide bonds. The van der Waals surface area contributed by atoms with Crippen LogP contribution in [-0.4, -0.2) is 49.4 Å². The van der Waals surface area contributed by atoms with Crippen LogP contribution in [0, 0.1) is 0 Å². The van der Waals surface area contributed by atoms with Gasteiger partial charge in [-0.3, -0.25) is 9.59 Å². The van der Waals surface area contributed by atoms with Gasteiger partial charge in [-0.25, -0.2) is 4.79 Å². The summed E-state index contributed by atoms with van der Waals surface area (Å²) in [6.07, 6.45) is 7.22. The number of hydrogen-bond donors (Lipinski definition) is 1. The first-order valence-electron chi connectivity index (χ1n) is 11.0. The van der Waals surface area contributed by atoms with Crippen molar-refractivity contribution >= 4 is 24.0 Å². The number of aromatic hydroxyl groups is 1. The maximum Gasteiger partial charge on any atom is 0.342 e. The number of fused-ring (bicyclic) bond motifs is 1. The fraction of sp³-hybridized carbons (Fsp3) is 0.542. The third-order valence-corrected chi connectivity index (χ3v) is 5.01. The van der Waals surface area contributed by atoms with Crippen LogP contribution in [-0.2, 0) is 23.8 Å². The van der Waals surface area contributed by atoms with Crippen molar-refractivity contribution in [1.29, 1.82) is 0 Å². The van der Waals surface area contributed by atoms with E-state index in [2.05, 4.69) is 0 Å². The van der Waals surface area contributed by atoms with Crippen LogP contribution in [0.15, 0.2) is 18.2 Å². The molecule has 0 bridgehead atoms. The van der Waals surface area contributed by atoms with E-state index in [0.29, 0.717) is 37.4 Å². The minimum atomic E-state index is -0.701. The lowest BCUT2D eigenvalue weighted by Gasteiger charge is -2.16. The van der Waals surface area contributed by atoms with Crippen molar-refractivity contribution in [3.8, 4) is 11.5 Å². The predicted molar refractivity (Wildman–Crippen MR) is 117 cm³/mol. The molecule has 176 valence electrons. The molecule has 8 heteroatoms. The van der Waals surface area contributed by atoms with Gasteiger partial charge in [0, 0.05) is 12.5 Å². The van der Waals surface area contributed by atoms with Crippen molar-refractivity contribution in [3.05, 3.63) is 29.3 Å². The van der Waals surface area contributed by atoms with Crippen LogP contribution in [0.5, 0.6) is 11.5 Å². The Morgan fingerprint density at radius 3 is 2.34 bits per heavy atom. The number of benzene rings is 1. The highest BCUT2D eigenvalue weighted by atomic mass is 16.5. The summed E-state index contributed by atoms with van der Waals surface area (Å²) in [6, 6.07) is 2.90. The number of carbonyl (C=O) groups is 3. The third-order valence-electron chi connectivity index (χ3n) is 5.01. The molecule has 1 heterocycles. The molecular formula is C24H32O8. The van der Waals surface area contributed by atoms with Crippen molar-refractivity contribution in [2.24, 2.45) is 0 Å². The minimum absolute atomic E-state index is 0.0208. The Bertz CT molecular complexity index is 814. The fourth-order valence-corrected chi connectivity index (χ4v) is 3.27. The first-order chi connectivity index (χ1) is 15.4. The van der Waals surface area contributed by atoms with E-state index in [1.807, 2.05) is 0 Å². The zero-order valence-corrected chi connectivity index (χ0v) is 18.8. The van der Waals surface area contributed by atoms with E-state index in [0.717, 1.165) is 25.7 Å². The first kappa shape index (κ1) is 25.2. The lowest BCUT2D eigenvalue weighted by atomic mass is 10.0. The van der Waals surface area contributed by atoms with Crippen molar-refractivity contribution in [2.45, 2.75) is 64.4 Å². The van der Waals surface area contributed by atoms with E-state index < -0.39 is 12.1 Å². The molecule has 1 atom stereocenters. The standard InChI is InChI=1S/C24H32O8/c1-17-9-7-11-21(26)30-13-5-3-4-6-14-31-22(27)12-8-10-18-15-19(29-2)16-20(25)23(18)24(28)32-17/h8,10,15-17,25H,3-7,9,11-14H2,1-2H3/b10-8+/t17-/m0/s1. The van der Waals surface area contributed by atoms with Gasteiger partial charge in [0.1, 0.15) is 17.1 Å². The number of carbonyl (C=O) groups excluding carboxylic acids is 3. The van der Waals surface area contributed by atoms with Gasteiger partial charge in [0.05, 0.1) is 32.8 Å². The third kappa shape index (κ3) is 8.61. The van der Waals surface area contributed by atoms with Gasteiger partial charge >= 0.3 is 17.9 Å². The SMILES string of the molecule is COc1cc(O)c2c(c1)/C=C/CC(=O)OCCCCCCOC(=O)CCC[C@H](C)OC2=O. The van der Waals surface area contributed by atoms with E-state index >= 15 is 0 Å². The second-order valence-electron chi connectivity index (χ2n) is 7.68. The molecule has 8 nitrogen and oxygen atoms in total. The van der Waals surface area contributed by atoms with Crippen molar-refractivity contribution in [1.82, 2.24) is 0 Å². The summed E-state index contributed by atoms with van der Waals surface area (Å²) in [5, 5.41) is 10.4. The second kappa shape index (κ2) is 13.4. The molecule has 0 aliphatic carbocycles. The first-order valence-corrected chi connectivity index (χ1v) is 11.0. The summed E-state index contributed by atoms with van der Waals surface area (Å²) in [5.74, 6) is -1.29. The lowest BCUT2D eigenvalue weighted by Crippen LogP contribution is -2.17. The molecule has 1 aliphatic heterocycles. The Morgan fingerprint density at radius 1 is 0.969 bits per heavy atom. The van der Waals surface area contributed by atoms with E-state index in [4.69, 9.17) is 18.9 Å². The van der Waals surface area contributed by atoms with Gasteiger partial charge in [0.2, 0.25) is 0 Å². The highest BCUT2D eigenvalue weighted by Crippen LogP contribution is 2.30. The number of ether oxygens (including phenoxy) is 4. The normalized spacial score (nSPS) is 21.2. The van der Waals surface area contributed by atoms with Gasteiger partial charge in [-0.05, 0) is 57.1 Å². The topological polar surface area (TPSA) is 108 Å². The molecule has 0 radical (unpaired) electrons. The molecule has 1 aromatic rings. The summed E-state index contributed by atoms with van der Waals surface area (Å²) >= 11 is 0. The van der Waals surface area contributed by atoms with Crippen LogP contribution in [0.1, 0.15) is 74.2 Å². The van der Waals surface area contributed by atoms with Gasteiger partial charge in [0.15, 0.2) is 0 Å². The Morgan fingerprint density at radius 2 is 1.66 bits per heavy atom. The Balaban J connectivity index is 2.17.